The van der Waals surface area contributed by atoms with Crippen LogP contribution >= 0.6 is 0 Å². The van der Waals surface area contributed by atoms with E-state index in [2.05, 4.69) is 17.2 Å². The first-order valence-corrected chi connectivity index (χ1v) is 6.24. The van der Waals surface area contributed by atoms with Crippen molar-refractivity contribution < 1.29 is 9.59 Å². The molecule has 98 valence electrons. The zero-order valence-electron chi connectivity index (χ0n) is 10.5. The van der Waals surface area contributed by atoms with Gasteiger partial charge in [-0.1, -0.05) is 24.8 Å². The number of likely N-dealkylation sites (tertiary alicyclic amines) is 1. The van der Waals surface area contributed by atoms with Crippen LogP contribution < -0.4 is 10.6 Å². The molecule has 2 N–H and O–H groups in total. The van der Waals surface area contributed by atoms with Crippen LogP contribution in [-0.4, -0.2) is 35.3 Å². The molecule has 2 fully saturated rings. The molecular formula is C14H15N3O2. The molecular weight excluding hydrogens is 242 g/mol. The van der Waals surface area contributed by atoms with E-state index in [1.54, 1.807) is 17.0 Å². The van der Waals surface area contributed by atoms with Gasteiger partial charge in [-0.05, 0) is 18.6 Å². The lowest BCUT2D eigenvalue weighted by molar-refractivity contribution is -0.123. The summed E-state index contributed by atoms with van der Waals surface area (Å²) in [7, 11) is 0. The second kappa shape index (κ2) is 4.12. The topological polar surface area (TPSA) is 61.4 Å². The van der Waals surface area contributed by atoms with E-state index in [-0.39, 0.29) is 11.8 Å². The third kappa shape index (κ3) is 1.87. The molecule has 0 bridgehead atoms. The third-order valence-electron chi connectivity index (χ3n) is 3.67. The molecule has 2 heterocycles. The van der Waals surface area contributed by atoms with Crippen molar-refractivity contribution in [2.45, 2.75) is 12.0 Å². The van der Waals surface area contributed by atoms with Gasteiger partial charge in [0, 0.05) is 12.1 Å². The van der Waals surface area contributed by atoms with Crippen molar-refractivity contribution in [1.82, 2.24) is 15.5 Å². The fourth-order valence-corrected chi connectivity index (χ4v) is 2.67. The van der Waals surface area contributed by atoms with Crippen molar-refractivity contribution in [1.29, 1.82) is 0 Å². The Bertz CT molecular complexity index is 555. The molecule has 1 atom stereocenters. The molecule has 19 heavy (non-hydrogen) atoms. The van der Waals surface area contributed by atoms with Crippen molar-refractivity contribution in [2.75, 3.05) is 13.1 Å². The van der Waals surface area contributed by atoms with E-state index in [1.165, 1.54) is 0 Å². The summed E-state index contributed by atoms with van der Waals surface area (Å²) >= 11 is 0. The van der Waals surface area contributed by atoms with Crippen LogP contribution in [-0.2, 0) is 4.79 Å². The largest absolute Gasteiger partial charge is 0.356 e. The molecule has 2 aliphatic heterocycles. The zero-order valence-corrected chi connectivity index (χ0v) is 10.5. The summed E-state index contributed by atoms with van der Waals surface area (Å²) in [5, 5.41) is 5.73. The van der Waals surface area contributed by atoms with E-state index in [0.29, 0.717) is 30.9 Å². The molecule has 0 saturated carbocycles. The second-order valence-corrected chi connectivity index (χ2v) is 4.98. The third-order valence-corrected chi connectivity index (χ3v) is 3.67. The zero-order chi connectivity index (χ0) is 13.5. The van der Waals surface area contributed by atoms with Crippen molar-refractivity contribution in [3.63, 3.8) is 0 Å². The Kier molecular flexibility index (Phi) is 2.55. The number of hydrogen-bond acceptors (Lipinski definition) is 3. The highest BCUT2D eigenvalue weighted by Gasteiger charge is 2.49. The maximum Gasteiger partial charge on any atom is 0.253 e. The summed E-state index contributed by atoms with van der Waals surface area (Å²) < 4.78 is 0. The van der Waals surface area contributed by atoms with Crippen LogP contribution in [0.3, 0.4) is 0 Å². The number of nitrogens with one attached hydrogen (secondary N) is 2. The van der Waals surface area contributed by atoms with Gasteiger partial charge in [0.15, 0.2) is 0 Å². The maximum absolute atomic E-state index is 12.3. The van der Waals surface area contributed by atoms with Gasteiger partial charge in [-0.15, -0.1) is 0 Å². The first-order valence-electron chi connectivity index (χ1n) is 6.24. The summed E-state index contributed by atoms with van der Waals surface area (Å²) in [4.78, 5) is 26.0. The highest BCUT2D eigenvalue weighted by Crippen LogP contribution is 2.27. The molecule has 0 aliphatic carbocycles. The molecule has 3 rings (SSSR count). The lowest BCUT2D eigenvalue weighted by atomic mass is 9.99. The van der Waals surface area contributed by atoms with Crippen molar-refractivity contribution in [3.05, 3.63) is 48.3 Å². The van der Waals surface area contributed by atoms with E-state index in [0.717, 1.165) is 0 Å². The first kappa shape index (κ1) is 11.8. The molecule has 1 aromatic carbocycles. The highest BCUT2D eigenvalue weighted by molar-refractivity contribution is 5.97. The Balaban J connectivity index is 1.78. The summed E-state index contributed by atoms with van der Waals surface area (Å²) in [5.74, 6) is 0.379. The number of benzene rings is 1. The molecule has 1 unspecified atom stereocenters. The monoisotopic (exact) mass is 257 g/mol. The fourth-order valence-electron chi connectivity index (χ4n) is 2.67. The van der Waals surface area contributed by atoms with Crippen LogP contribution in [0.1, 0.15) is 16.8 Å². The Morgan fingerprint density at radius 3 is 2.68 bits per heavy atom. The Hall–Kier alpha value is -2.30. The van der Waals surface area contributed by atoms with E-state index < -0.39 is 5.54 Å². The van der Waals surface area contributed by atoms with Gasteiger partial charge in [-0.25, -0.2) is 0 Å². The van der Waals surface area contributed by atoms with Crippen LogP contribution in [0.5, 0.6) is 0 Å². The maximum atomic E-state index is 12.3. The van der Waals surface area contributed by atoms with Gasteiger partial charge in [0.05, 0.1) is 12.4 Å². The summed E-state index contributed by atoms with van der Waals surface area (Å²) in [5.41, 5.74) is -0.0431. The average molecular weight is 257 g/mol. The number of carbonyl (C=O) groups excluding carboxylic acids is 2. The summed E-state index contributed by atoms with van der Waals surface area (Å²) in [6.45, 7) is 4.66. The lowest BCUT2D eigenvalue weighted by Gasteiger charge is -2.21. The molecule has 2 saturated heterocycles. The minimum atomic E-state index is -0.693. The fraction of sp³-hybridized carbons (Fsp3) is 0.286. The molecule has 1 spiro atoms. The van der Waals surface area contributed by atoms with Gasteiger partial charge in [0.1, 0.15) is 5.54 Å². The average Bonchev–Trinajstić information content (AvgIpc) is 2.95. The number of carbonyl (C=O) groups is 2. The van der Waals surface area contributed by atoms with Gasteiger partial charge in [0.25, 0.3) is 11.8 Å². The molecule has 2 amide bonds. The van der Waals surface area contributed by atoms with Crippen LogP contribution in [0.2, 0.25) is 0 Å². The minimum Gasteiger partial charge on any atom is -0.356 e. The normalized spacial score (nSPS) is 25.6. The van der Waals surface area contributed by atoms with Gasteiger partial charge in [-0.2, -0.15) is 0 Å². The smallest absolute Gasteiger partial charge is 0.253 e. The number of nitrogens with zero attached hydrogens (tertiary/aromatic N) is 1. The molecule has 1 aromatic rings. The predicted molar refractivity (Wildman–Crippen MR) is 70.1 cm³/mol. The van der Waals surface area contributed by atoms with E-state index in [4.69, 9.17) is 0 Å². The molecule has 0 aromatic heterocycles. The molecule has 2 aliphatic rings. The standard InChI is InChI=1S/C14H15N3O2/c1-10-15-13(19)14(16-10)7-8-17(9-14)12(18)11-5-3-2-4-6-11/h2-6,16H,1,7-9H2,(H,15,19). The van der Waals surface area contributed by atoms with Gasteiger partial charge >= 0.3 is 0 Å². The van der Waals surface area contributed by atoms with E-state index in [9.17, 15) is 9.59 Å². The SMILES string of the molecule is C=C1NC(=O)C2(CCN(C(=O)c3ccccc3)C2)N1. The van der Waals surface area contributed by atoms with Crippen LogP contribution in [0.25, 0.3) is 0 Å². The first-order chi connectivity index (χ1) is 9.11. The minimum absolute atomic E-state index is 0.0374. The van der Waals surface area contributed by atoms with Crippen LogP contribution in [0, 0.1) is 0 Å². The second-order valence-electron chi connectivity index (χ2n) is 4.98. The van der Waals surface area contributed by atoms with Crippen LogP contribution in [0.4, 0.5) is 0 Å². The molecule has 0 radical (unpaired) electrons. The number of amides is 2. The number of hydrogen-bond donors (Lipinski definition) is 2. The Morgan fingerprint density at radius 1 is 1.32 bits per heavy atom. The quantitative estimate of drug-likeness (QED) is 0.768. The summed E-state index contributed by atoms with van der Waals surface area (Å²) in [6, 6.07) is 9.11. The van der Waals surface area contributed by atoms with Crippen molar-refractivity contribution in [3.8, 4) is 0 Å². The molecule has 5 nitrogen and oxygen atoms in total. The van der Waals surface area contributed by atoms with Crippen molar-refractivity contribution >= 4 is 11.8 Å². The van der Waals surface area contributed by atoms with E-state index >= 15 is 0 Å². The van der Waals surface area contributed by atoms with Gasteiger partial charge < -0.3 is 15.5 Å². The van der Waals surface area contributed by atoms with Crippen LogP contribution in [0.15, 0.2) is 42.7 Å². The number of rotatable bonds is 1. The van der Waals surface area contributed by atoms with E-state index in [1.807, 2.05) is 18.2 Å². The van der Waals surface area contributed by atoms with Gasteiger partial charge in [-0.3, -0.25) is 9.59 Å². The Labute approximate surface area is 111 Å². The molecule has 5 heteroatoms. The summed E-state index contributed by atoms with van der Waals surface area (Å²) in [6.07, 6.45) is 0.608. The highest BCUT2D eigenvalue weighted by atomic mass is 16.2. The van der Waals surface area contributed by atoms with Gasteiger partial charge in [0.2, 0.25) is 0 Å². The van der Waals surface area contributed by atoms with Crippen molar-refractivity contribution in [2.24, 2.45) is 0 Å². The Morgan fingerprint density at radius 2 is 2.05 bits per heavy atom. The lowest BCUT2D eigenvalue weighted by Crippen LogP contribution is -2.49. The predicted octanol–water partition coefficient (Wildman–Crippen LogP) is 0.462.